The molecule has 3 aromatic rings. The van der Waals surface area contributed by atoms with E-state index in [-0.39, 0.29) is 11.2 Å². The first-order valence-corrected chi connectivity index (χ1v) is 10.4. The van der Waals surface area contributed by atoms with Gasteiger partial charge in [-0.05, 0) is 31.7 Å². The number of rotatable bonds is 6. The molecule has 7 heteroatoms. The fraction of sp³-hybridized carbons (Fsp3) is 0.450. The number of nitrogens with zero attached hydrogens (tertiary/aromatic N) is 2. The Labute approximate surface area is 162 Å². The predicted molar refractivity (Wildman–Crippen MR) is 106 cm³/mol. The highest BCUT2D eigenvalue weighted by molar-refractivity contribution is 8.00. The monoisotopic (exact) mass is 384 g/mol. The minimum atomic E-state index is -0.273. The first-order valence-electron chi connectivity index (χ1n) is 9.55. The summed E-state index contributed by atoms with van der Waals surface area (Å²) in [6.45, 7) is 2.64. The molecule has 2 heterocycles. The maximum atomic E-state index is 12.4. The smallest absolute Gasteiger partial charge is 0.277 e. The molecule has 0 aliphatic heterocycles. The van der Waals surface area contributed by atoms with Gasteiger partial charge in [-0.15, -0.1) is 10.2 Å². The fourth-order valence-corrected chi connectivity index (χ4v) is 4.31. The van der Waals surface area contributed by atoms with Crippen LogP contribution in [0.15, 0.2) is 40.1 Å². The third-order valence-electron chi connectivity index (χ3n) is 5.16. The maximum absolute atomic E-state index is 12.4. The molecule has 1 fully saturated rings. The lowest BCUT2D eigenvalue weighted by molar-refractivity contribution is -0.120. The van der Waals surface area contributed by atoms with Gasteiger partial charge < -0.3 is 14.7 Å². The molecule has 142 valence electrons. The number of hydrogen-bond acceptors (Lipinski definition) is 5. The van der Waals surface area contributed by atoms with Crippen molar-refractivity contribution >= 4 is 28.6 Å². The molecule has 1 saturated carbocycles. The largest absolute Gasteiger partial charge is 0.411 e. The molecule has 1 atom stereocenters. The molecule has 1 amide bonds. The summed E-state index contributed by atoms with van der Waals surface area (Å²) in [5.74, 6) is 1.11. The number of hydrogen-bond donors (Lipinski definition) is 2. The molecule has 1 aromatic carbocycles. The van der Waals surface area contributed by atoms with Gasteiger partial charge in [0.2, 0.25) is 5.91 Å². The average Bonchev–Trinajstić information content (AvgIpc) is 3.33. The Bertz CT molecular complexity index is 913. The summed E-state index contributed by atoms with van der Waals surface area (Å²) in [4.78, 5) is 15.6. The minimum Gasteiger partial charge on any atom is -0.411 e. The summed E-state index contributed by atoms with van der Waals surface area (Å²) < 4.78 is 5.79. The molecule has 0 bridgehead atoms. The topological polar surface area (TPSA) is 83.8 Å². The zero-order valence-electron chi connectivity index (χ0n) is 15.4. The highest BCUT2D eigenvalue weighted by atomic mass is 32.2. The average molecular weight is 385 g/mol. The number of para-hydroxylation sites is 1. The van der Waals surface area contributed by atoms with Crippen molar-refractivity contribution < 1.29 is 9.21 Å². The Morgan fingerprint density at radius 3 is 2.96 bits per heavy atom. The molecule has 0 spiro atoms. The number of benzene rings is 1. The van der Waals surface area contributed by atoms with Gasteiger partial charge in [-0.2, -0.15) is 0 Å². The van der Waals surface area contributed by atoms with Crippen molar-refractivity contribution in [3.05, 3.63) is 30.5 Å². The summed E-state index contributed by atoms with van der Waals surface area (Å²) >= 11 is 1.30. The number of carbonyl (C=O) groups excluding carboxylic acids is 1. The third kappa shape index (κ3) is 4.18. The molecule has 0 saturated heterocycles. The summed E-state index contributed by atoms with van der Waals surface area (Å²) in [5.41, 5.74) is 1.90. The lowest BCUT2D eigenvalue weighted by Crippen LogP contribution is -2.35. The van der Waals surface area contributed by atoms with Gasteiger partial charge in [0.05, 0.1) is 10.8 Å². The number of aromatic nitrogens is 3. The van der Waals surface area contributed by atoms with E-state index in [0.29, 0.717) is 17.0 Å². The van der Waals surface area contributed by atoms with E-state index in [9.17, 15) is 4.79 Å². The highest BCUT2D eigenvalue weighted by Gasteiger charge is 2.21. The zero-order valence-corrected chi connectivity index (χ0v) is 16.2. The van der Waals surface area contributed by atoms with E-state index < -0.39 is 0 Å². The molecule has 4 rings (SSSR count). The summed E-state index contributed by atoms with van der Waals surface area (Å²) in [5, 5.41) is 12.5. The van der Waals surface area contributed by atoms with E-state index in [1.165, 1.54) is 43.9 Å². The van der Waals surface area contributed by atoms with E-state index in [1.807, 2.05) is 37.4 Å². The minimum absolute atomic E-state index is 0.0254. The Kier molecular flexibility index (Phi) is 5.48. The van der Waals surface area contributed by atoms with Crippen LogP contribution in [-0.2, 0) is 4.79 Å². The van der Waals surface area contributed by atoms with Crippen LogP contribution in [0, 0.1) is 5.92 Å². The van der Waals surface area contributed by atoms with Gasteiger partial charge >= 0.3 is 0 Å². The number of fused-ring (bicyclic) bond motifs is 1. The molecule has 6 nitrogen and oxygen atoms in total. The normalized spacial score (nSPS) is 16.5. The standard InChI is InChI=1S/C20H24N4O2S/c1-13(18(25)22-11-14-7-3-2-4-8-14)27-20-24-23-19(26-20)16-12-21-17-10-6-5-9-15(16)17/h5-6,9-10,12-14,21H,2-4,7-8,11H2,1H3,(H,22,25). The Balaban J connectivity index is 1.36. The Hall–Kier alpha value is -2.28. The lowest BCUT2D eigenvalue weighted by Gasteiger charge is -2.22. The van der Waals surface area contributed by atoms with Crippen LogP contribution in [0.4, 0.5) is 0 Å². The van der Waals surface area contributed by atoms with Gasteiger partial charge in [0.25, 0.3) is 11.1 Å². The SMILES string of the molecule is CC(Sc1nnc(-c2c[nH]c3ccccc23)o1)C(=O)NCC1CCCCC1. The number of carbonyl (C=O) groups is 1. The molecule has 1 aliphatic rings. The van der Waals surface area contributed by atoms with Crippen LogP contribution in [0.5, 0.6) is 0 Å². The number of aromatic amines is 1. The van der Waals surface area contributed by atoms with E-state index >= 15 is 0 Å². The van der Waals surface area contributed by atoms with Crippen molar-refractivity contribution in [1.82, 2.24) is 20.5 Å². The van der Waals surface area contributed by atoms with E-state index in [4.69, 9.17) is 4.42 Å². The highest BCUT2D eigenvalue weighted by Crippen LogP contribution is 2.30. The number of thioether (sulfide) groups is 1. The van der Waals surface area contributed by atoms with Gasteiger partial charge in [-0.3, -0.25) is 4.79 Å². The van der Waals surface area contributed by atoms with Gasteiger partial charge in [-0.1, -0.05) is 49.2 Å². The lowest BCUT2D eigenvalue weighted by atomic mass is 9.89. The second kappa shape index (κ2) is 8.17. The Morgan fingerprint density at radius 2 is 2.11 bits per heavy atom. The molecule has 1 aliphatic carbocycles. The van der Waals surface area contributed by atoms with Crippen molar-refractivity contribution in [2.75, 3.05) is 6.54 Å². The third-order valence-corrected chi connectivity index (χ3v) is 6.10. The van der Waals surface area contributed by atoms with Gasteiger partial charge in [0.1, 0.15) is 0 Å². The zero-order chi connectivity index (χ0) is 18.6. The number of nitrogens with one attached hydrogen (secondary N) is 2. The molecular weight excluding hydrogens is 360 g/mol. The fourth-order valence-electron chi connectivity index (χ4n) is 3.60. The van der Waals surface area contributed by atoms with E-state index in [1.54, 1.807) is 0 Å². The van der Waals surface area contributed by atoms with E-state index in [2.05, 4.69) is 20.5 Å². The first kappa shape index (κ1) is 18.1. The van der Waals surface area contributed by atoms with Crippen LogP contribution < -0.4 is 5.32 Å². The number of amides is 1. The molecular formula is C20H24N4O2S. The quantitative estimate of drug-likeness (QED) is 0.616. The predicted octanol–water partition coefficient (Wildman–Crippen LogP) is 4.40. The second-order valence-electron chi connectivity index (χ2n) is 7.13. The van der Waals surface area contributed by atoms with Crippen molar-refractivity contribution in [2.45, 2.75) is 49.5 Å². The molecule has 0 radical (unpaired) electrons. The summed E-state index contributed by atoms with van der Waals surface area (Å²) in [6.07, 6.45) is 8.20. The van der Waals surface area contributed by atoms with Crippen LogP contribution >= 0.6 is 11.8 Å². The summed E-state index contributed by atoms with van der Waals surface area (Å²) in [7, 11) is 0. The molecule has 2 N–H and O–H groups in total. The second-order valence-corrected chi connectivity index (χ2v) is 8.42. The van der Waals surface area contributed by atoms with Gasteiger partial charge in [0.15, 0.2) is 0 Å². The van der Waals surface area contributed by atoms with Crippen LogP contribution in [0.1, 0.15) is 39.0 Å². The number of H-pyrrole nitrogens is 1. The van der Waals surface area contributed by atoms with Gasteiger partial charge in [-0.25, -0.2) is 0 Å². The summed E-state index contributed by atoms with van der Waals surface area (Å²) in [6, 6.07) is 7.97. The van der Waals surface area contributed by atoms with Crippen molar-refractivity contribution in [2.24, 2.45) is 5.92 Å². The van der Waals surface area contributed by atoms with Crippen LogP contribution in [0.2, 0.25) is 0 Å². The molecule has 27 heavy (non-hydrogen) atoms. The maximum Gasteiger partial charge on any atom is 0.277 e. The van der Waals surface area contributed by atoms with Crippen molar-refractivity contribution in [1.29, 1.82) is 0 Å². The van der Waals surface area contributed by atoms with Gasteiger partial charge in [0, 0.05) is 23.6 Å². The Morgan fingerprint density at radius 1 is 1.30 bits per heavy atom. The first-order chi connectivity index (χ1) is 13.2. The molecule has 2 aromatic heterocycles. The van der Waals surface area contributed by atoms with Crippen LogP contribution in [-0.4, -0.2) is 32.9 Å². The van der Waals surface area contributed by atoms with Crippen LogP contribution in [0.25, 0.3) is 22.4 Å². The van der Waals surface area contributed by atoms with Crippen molar-refractivity contribution in [3.63, 3.8) is 0 Å². The van der Waals surface area contributed by atoms with E-state index in [0.717, 1.165) is 23.0 Å². The van der Waals surface area contributed by atoms with Crippen LogP contribution in [0.3, 0.4) is 0 Å². The molecule has 1 unspecified atom stereocenters. The van der Waals surface area contributed by atoms with Crippen molar-refractivity contribution in [3.8, 4) is 11.5 Å².